The maximum atomic E-state index is 12.8. The van der Waals surface area contributed by atoms with Gasteiger partial charge in [-0.1, -0.05) is 16.1 Å². The van der Waals surface area contributed by atoms with Crippen molar-refractivity contribution >= 4 is 17.3 Å². The fourth-order valence-corrected chi connectivity index (χ4v) is 1.81. The van der Waals surface area contributed by atoms with Crippen molar-refractivity contribution < 1.29 is 9.22 Å². The van der Waals surface area contributed by atoms with Gasteiger partial charge < -0.3 is 9.64 Å². The maximum Gasteiger partial charge on any atom is 0.125 e. The Kier molecular flexibility index (Phi) is 3.19. The molecule has 0 aromatic heterocycles. The van der Waals surface area contributed by atoms with Crippen molar-refractivity contribution in [3.8, 4) is 5.75 Å². The highest BCUT2D eigenvalue weighted by Gasteiger charge is 2.16. The Balaban J connectivity index is 2.19. The molecule has 0 bridgehead atoms. The first-order valence-electron chi connectivity index (χ1n) is 5.00. The summed E-state index contributed by atoms with van der Waals surface area (Å²) in [6, 6.07) is 5.37. The van der Waals surface area contributed by atoms with Gasteiger partial charge in [0.25, 0.3) is 0 Å². The van der Waals surface area contributed by atoms with Crippen molar-refractivity contribution in [2.75, 3.05) is 18.2 Å². The molecule has 16 heavy (non-hydrogen) atoms. The second-order valence-electron chi connectivity index (χ2n) is 3.36. The van der Waals surface area contributed by atoms with Gasteiger partial charge >= 0.3 is 0 Å². The summed E-state index contributed by atoms with van der Waals surface area (Å²) >= 11 is 6.10. The normalized spacial score (nSPS) is 14.7. The number of nitrogens with zero attached hydrogens (tertiary/aromatic N) is 2. The van der Waals surface area contributed by atoms with Crippen LogP contribution in [0, 0.1) is 0 Å². The first-order valence-corrected chi connectivity index (χ1v) is 5.38. The molecule has 0 fully saturated rings. The first kappa shape index (κ1) is 11.1. The Labute approximate surface area is 98.6 Å². The number of ether oxygens (including phenoxy) is 1. The van der Waals surface area contributed by atoms with Crippen LogP contribution in [0.3, 0.4) is 0 Å². The molecule has 1 aromatic rings. The van der Waals surface area contributed by atoms with Crippen molar-refractivity contribution in [3.63, 3.8) is 0 Å². The average Bonchev–Trinajstić information content (AvgIpc) is 2.65. The van der Waals surface area contributed by atoms with E-state index in [9.17, 15) is 4.48 Å². The molecular formula is C11H12ClFN2O. The second kappa shape index (κ2) is 4.61. The molecule has 1 heterocycles. The third-order valence-corrected chi connectivity index (χ3v) is 2.54. The number of hydrogen-bond acceptors (Lipinski definition) is 3. The highest BCUT2D eigenvalue weighted by atomic mass is 35.5. The minimum atomic E-state index is 0.160. The van der Waals surface area contributed by atoms with Gasteiger partial charge in [0.15, 0.2) is 0 Å². The van der Waals surface area contributed by atoms with Gasteiger partial charge in [-0.05, 0) is 19.1 Å². The van der Waals surface area contributed by atoms with Crippen molar-refractivity contribution in [1.82, 2.24) is 5.12 Å². The number of rotatable bonds is 3. The summed E-state index contributed by atoms with van der Waals surface area (Å²) in [4.78, 5) is 1.72. The van der Waals surface area contributed by atoms with E-state index in [2.05, 4.69) is 0 Å². The Morgan fingerprint density at radius 1 is 1.44 bits per heavy atom. The van der Waals surface area contributed by atoms with Crippen LogP contribution >= 0.6 is 11.6 Å². The predicted octanol–water partition coefficient (Wildman–Crippen LogP) is 3.17. The first-order chi connectivity index (χ1) is 7.70. The van der Waals surface area contributed by atoms with E-state index in [0.717, 1.165) is 11.4 Å². The zero-order valence-electron chi connectivity index (χ0n) is 8.86. The molecule has 1 aliphatic rings. The Bertz CT molecular complexity index is 411. The van der Waals surface area contributed by atoms with Gasteiger partial charge in [-0.3, -0.25) is 0 Å². The van der Waals surface area contributed by atoms with Crippen LogP contribution in [-0.2, 0) is 0 Å². The van der Waals surface area contributed by atoms with Gasteiger partial charge in [-0.2, -0.15) is 5.12 Å². The number of anilines is 1. The Morgan fingerprint density at radius 3 is 2.81 bits per heavy atom. The van der Waals surface area contributed by atoms with Crippen LogP contribution < -0.4 is 9.64 Å². The Hall–Kier alpha value is -1.42. The summed E-state index contributed by atoms with van der Waals surface area (Å²) in [5, 5.41) is 1.14. The topological polar surface area (TPSA) is 15.7 Å². The molecule has 0 saturated heterocycles. The number of benzene rings is 1. The van der Waals surface area contributed by atoms with Crippen LogP contribution in [0.15, 0.2) is 30.6 Å². The minimum absolute atomic E-state index is 0.160. The van der Waals surface area contributed by atoms with E-state index in [4.69, 9.17) is 16.3 Å². The molecule has 0 atom stereocenters. The summed E-state index contributed by atoms with van der Waals surface area (Å²) in [7, 11) is 0. The van der Waals surface area contributed by atoms with E-state index < -0.39 is 0 Å². The van der Waals surface area contributed by atoms with Crippen LogP contribution in [0.4, 0.5) is 10.2 Å². The molecule has 0 unspecified atom stereocenters. The molecule has 0 radical (unpaired) electrons. The van der Waals surface area contributed by atoms with Gasteiger partial charge in [-0.25, -0.2) is 0 Å². The van der Waals surface area contributed by atoms with E-state index in [1.54, 1.807) is 17.2 Å². The lowest BCUT2D eigenvalue weighted by atomic mass is 10.3. The van der Waals surface area contributed by atoms with Crippen molar-refractivity contribution in [3.05, 3.63) is 35.6 Å². The molecule has 3 nitrogen and oxygen atoms in total. The van der Waals surface area contributed by atoms with E-state index in [1.807, 2.05) is 19.1 Å². The molecule has 0 aliphatic carbocycles. The van der Waals surface area contributed by atoms with Crippen molar-refractivity contribution in [2.24, 2.45) is 0 Å². The highest BCUT2D eigenvalue weighted by Crippen LogP contribution is 2.31. The van der Waals surface area contributed by atoms with Crippen LogP contribution in [0.5, 0.6) is 5.75 Å². The van der Waals surface area contributed by atoms with Crippen molar-refractivity contribution in [1.29, 1.82) is 0 Å². The van der Waals surface area contributed by atoms with E-state index in [1.165, 1.54) is 6.20 Å². The van der Waals surface area contributed by atoms with Crippen LogP contribution in [0.2, 0.25) is 5.02 Å². The third-order valence-electron chi connectivity index (χ3n) is 2.24. The van der Waals surface area contributed by atoms with E-state index in [-0.39, 0.29) is 6.67 Å². The summed E-state index contributed by atoms with van der Waals surface area (Å²) in [6.45, 7) is 2.66. The SMILES string of the molecule is CCOc1ccc(N2C=CN(F)C2)c(Cl)c1. The number of hydrogen-bond donors (Lipinski definition) is 0. The fraction of sp³-hybridized carbons (Fsp3) is 0.273. The lowest BCUT2D eigenvalue weighted by molar-refractivity contribution is 0.104. The van der Waals surface area contributed by atoms with Crippen LogP contribution in [0.1, 0.15) is 6.92 Å². The monoisotopic (exact) mass is 242 g/mol. The number of halogens is 2. The largest absolute Gasteiger partial charge is 0.494 e. The van der Waals surface area contributed by atoms with Gasteiger partial charge in [-0.15, -0.1) is 0 Å². The van der Waals surface area contributed by atoms with Crippen LogP contribution in [-0.4, -0.2) is 18.4 Å². The molecule has 0 amide bonds. The summed E-state index contributed by atoms with van der Waals surface area (Å²) in [5.74, 6) is 0.719. The molecule has 0 N–H and O–H groups in total. The molecule has 86 valence electrons. The Morgan fingerprint density at radius 2 is 2.25 bits per heavy atom. The smallest absolute Gasteiger partial charge is 0.125 e. The van der Waals surface area contributed by atoms with Gasteiger partial charge in [0.2, 0.25) is 0 Å². The van der Waals surface area contributed by atoms with Gasteiger partial charge in [0, 0.05) is 12.3 Å². The molecule has 0 spiro atoms. The lowest BCUT2D eigenvalue weighted by Gasteiger charge is -2.18. The standard InChI is InChI=1S/C11H12ClFN2O/c1-2-16-9-3-4-11(10(12)7-9)14-5-6-15(13)8-14/h3-7H,2,8H2,1H3. The zero-order chi connectivity index (χ0) is 11.5. The maximum absolute atomic E-state index is 12.8. The predicted molar refractivity (Wildman–Crippen MR) is 62.1 cm³/mol. The van der Waals surface area contributed by atoms with Gasteiger partial charge in [0.1, 0.15) is 12.4 Å². The quantitative estimate of drug-likeness (QED) is 0.758. The fourth-order valence-electron chi connectivity index (χ4n) is 1.53. The molecule has 2 rings (SSSR count). The average molecular weight is 243 g/mol. The minimum Gasteiger partial charge on any atom is -0.494 e. The second-order valence-corrected chi connectivity index (χ2v) is 3.76. The molecule has 1 aromatic carbocycles. The summed E-state index contributed by atoms with van der Waals surface area (Å²) in [6.07, 6.45) is 2.99. The zero-order valence-corrected chi connectivity index (χ0v) is 9.62. The lowest BCUT2D eigenvalue weighted by Crippen LogP contribution is -2.19. The molecule has 1 aliphatic heterocycles. The molecule has 5 heteroatoms. The highest BCUT2D eigenvalue weighted by molar-refractivity contribution is 6.33. The molecule has 0 saturated carbocycles. The third kappa shape index (κ3) is 2.22. The van der Waals surface area contributed by atoms with E-state index >= 15 is 0 Å². The van der Waals surface area contributed by atoms with Crippen molar-refractivity contribution in [2.45, 2.75) is 6.92 Å². The molecular weight excluding hydrogens is 231 g/mol. The van der Waals surface area contributed by atoms with Crippen LogP contribution in [0.25, 0.3) is 0 Å². The summed E-state index contributed by atoms with van der Waals surface area (Å²) in [5.41, 5.74) is 0.765. The van der Waals surface area contributed by atoms with E-state index in [0.29, 0.717) is 16.8 Å². The van der Waals surface area contributed by atoms with Gasteiger partial charge in [0.05, 0.1) is 23.5 Å². The summed E-state index contributed by atoms with van der Waals surface area (Å²) < 4.78 is 18.1.